The van der Waals surface area contributed by atoms with Crippen molar-refractivity contribution in [1.29, 1.82) is 5.26 Å². The summed E-state index contributed by atoms with van der Waals surface area (Å²) in [5.41, 5.74) is 0.145. The molecule has 124 valence electrons. The molecular formula is C16H11F3N2O3. The van der Waals surface area contributed by atoms with E-state index in [0.29, 0.717) is 0 Å². The Morgan fingerprint density at radius 2 is 1.83 bits per heavy atom. The van der Waals surface area contributed by atoms with E-state index >= 15 is 0 Å². The number of ether oxygens (including phenoxy) is 2. The number of anilines is 1. The second-order valence-corrected chi connectivity index (χ2v) is 4.53. The molecule has 0 aliphatic rings. The maximum atomic E-state index is 12.3. The van der Waals surface area contributed by atoms with E-state index in [4.69, 9.17) is 10.00 Å². The van der Waals surface area contributed by atoms with Gasteiger partial charge in [0.05, 0.1) is 5.69 Å². The molecule has 24 heavy (non-hydrogen) atoms. The molecule has 0 aliphatic heterocycles. The average molecular weight is 336 g/mol. The molecule has 0 aliphatic carbocycles. The number of nitrogens with zero attached hydrogens (tertiary/aromatic N) is 1. The van der Waals surface area contributed by atoms with Gasteiger partial charge in [0.1, 0.15) is 24.0 Å². The number of carbonyl (C=O) groups is 1. The molecule has 5 nitrogen and oxygen atoms in total. The number of hydrogen-bond donors (Lipinski definition) is 1. The molecule has 2 rings (SSSR count). The van der Waals surface area contributed by atoms with Crippen LogP contribution in [0.4, 0.5) is 23.7 Å². The van der Waals surface area contributed by atoms with Gasteiger partial charge in [-0.05, 0) is 17.7 Å². The summed E-state index contributed by atoms with van der Waals surface area (Å²) in [4.78, 5) is 11.7. The highest BCUT2D eigenvalue weighted by atomic mass is 19.4. The topological polar surface area (TPSA) is 71.4 Å². The van der Waals surface area contributed by atoms with E-state index < -0.39 is 23.8 Å². The van der Waals surface area contributed by atoms with E-state index in [1.54, 1.807) is 36.4 Å². The molecule has 0 saturated carbocycles. The molecule has 0 heterocycles. The zero-order valence-electron chi connectivity index (χ0n) is 12.1. The van der Waals surface area contributed by atoms with Crippen molar-refractivity contribution in [2.75, 3.05) is 5.32 Å². The molecule has 0 radical (unpaired) electrons. The van der Waals surface area contributed by atoms with Gasteiger partial charge in [-0.25, -0.2) is 4.79 Å². The summed E-state index contributed by atoms with van der Waals surface area (Å²) in [6, 6.07) is 13.9. The maximum absolute atomic E-state index is 12.3. The van der Waals surface area contributed by atoms with Crippen LogP contribution >= 0.6 is 0 Å². The first kappa shape index (κ1) is 17.1. The first-order valence-electron chi connectivity index (χ1n) is 6.65. The van der Waals surface area contributed by atoms with Crippen LogP contribution in [0.5, 0.6) is 5.75 Å². The number of halogens is 3. The van der Waals surface area contributed by atoms with Gasteiger partial charge in [0.15, 0.2) is 0 Å². The number of rotatable bonds is 4. The van der Waals surface area contributed by atoms with Gasteiger partial charge in [-0.2, -0.15) is 5.26 Å². The molecule has 2 aromatic rings. The second-order valence-electron chi connectivity index (χ2n) is 4.53. The van der Waals surface area contributed by atoms with Crippen LogP contribution in [-0.4, -0.2) is 12.5 Å². The van der Waals surface area contributed by atoms with Gasteiger partial charge in [0.25, 0.3) is 0 Å². The molecule has 1 amide bonds. The molecular weight excluding hydrogens is 325 g/mol. The summed E-state index contributed by atoms with van der Waals surface area (Å²) < 4.78 is 45.7. The van der Waals surface area contributed by atoms with E-state index in [9.17, 15) is 18.0 Å². The van der Waals surface area contributed by atoms with E-state index in [-0.39, 0.29) is 12.3 Å². The summed E-state index contributed by atoms with van der Waals surface area (Å²) in [7, 11) is 0. The van der Waals surface area contributed by atoms with Crippen LogP contribution in [-0.2, 0) is 11.3 Å². The lowest BCUT2D eigenvalue weighted by molar-refractivity contribution is -0.274. The second kappa shape index (κ2) is 7.37. The smallest absolute Gasteiger partial charge is 0.444 e. The minimum atomic E-state index is -4.95. The monoisotopic (exact) mass is 336 g/mol. The third kappa shape index (κ3) is 4.91. The van der Waals surface area contributed by atoms with Crippen LogP contribution in [0, 0.1) is 11.3 Å². The highest BCUT2D eigenvalue weighted by molar-refractivity contribution is 5.87. The fourth-order valence-corrected chi connectivity index (χ4v) is 1.83. The molecule has 0 saturated heterocycles. The largest absolute Gasteiger partial charge is 0.573 e. The predicted molar refractivity (Wildman–Crippen MR) is 78.1 cm³/mol. The molecule has 0 atom stereocenters. The van der Waals surface area contributed by atoms with Gasteiger partial charge >= 0.3 is 12.5 Å². The van der Waals surface area contributed by atoms with Crippen molar-refractivity contribution in [3.63, 3.8) is 0 Å². The van der Waals surface area contributed by atoms with Crippen LogP contribution in [0.3, 0.4) is 0 Å². The molecule has 0 unspecified atom stereocenters. The highest BCUT2D eigenvalue weighted by Gasteiger charge is 2.32. The van der Waals surface area contributed by atoms with Gasteiger partial charge in [-0.3, -0.25) is 5.32 Å². The van der Waals surface area contributed by atoms with Gasteiger partial charge in [-0.15, -0.1) is 13.2 Å². The predicted octanol–water partition coefficient (Wildman–Crippen LogP) is 4.21. The summed E-state index contributed by atoms with van der Waals surface area (Å²) in [6.07, 6.45) is -5.85. The Morgan fingerprint density at radius 1 is 1.12 bits per heavy atom. The van der Waals surface area contributed by atoms with Crippen molar-refractivity contribution in [3.05, 3.63) is 59.7 Å². The number of hydrogen-bond acceptors (Lipinski definition) is 4. The number of amides is 1. The highest BCUT2D eigenvalue weighted by Crippen LogP contribution is 2.30. The average Bonchev–Trinajstić information content (AvgIpc) is 2.53. The Morgan fingerprint density at radius 3 is 2.46 bits per heavy atom. The van der Waals surface area contributed by atoms with Crippen molar-refractivity contribution in [2.24, 2.45) is 0 Å². The van der Waals surface area contributed by atoms with Crippen LogP contribution in [0.25, 0.3) is 0 Å². The summed E-state index contributed by atoms with van der Waals surface area (Å²) >= 11 is 0. The van der Waals surface area contributed by atoms with Crippen molar-refractivity contribution in [2.45, 2.75) is 13.0 Å². The number of nitriles is 1. The van der Waals surface area contributed by atoms with E-state index in [2.05, 4.69) is 10.1 Å². The van der Waals surface area contributed by atoms with Crippen LogP contribution < -0.4 is 10.1 Å². The van der Waals surface area contributed by atoms with E-state index in [1.165, 1.54) is 12.1 Å². The van der Waals surface area contributed by atoms with Crippen molar-refractivity contribution in [1.82, 2.24) is 0 Å². The first-order chi connectivity index (χ1) is 11.4. The fraction of sp³-hybridized carbons (Fsp3) is 0.125. The fourth-order valence-electron chi connectivity index (χ4n) is 1.83. The minimum Gasteiger partial charge on any atom is -0.444 e. The normalized spacial score (nSPS) is 10.6. The Bertz CT molecular complexity index is 755. The zero-order valence-corrected chi connectivity index (χ0v) is 12.1. The zero-order chi connectivity index (χ0) is 17.6. The van der Waals surface area contributed by atoms with E-state index in [0.717, 1.165) is 11.6 Å². The maximum Gasteiger partial charge on any atom is 0.573 e. The Kier molecular flexibility index (Phi) is 5.27. The SMILES string of the molecule is N#Cc1c(NC(=O)OCc2ccccc2)cccc1OC(F)(F)F. The third-order valence-electron chi connectivity index (χ3n) is 2.81. The van der Waals surface area contributed by atoms with Gasteiger partial charge in [-0.1, -0.05) is 36.4 Å². The molecule has 1 N–H and O–H groups in total. The van der Waals surface area contributed by atoms with Crippen molar-refractivity contribution < 1.29 is 27.4 Å². The number of benzene rings is 2. The van der Waals surface area contributed by atoms with E-state index in [1.807, 2.05) is 0 Å². The quantitative estimate of drug-likeness (QED) is 0.908. The molecule has 0 spiro atoms. The lowest BCUT2D eigenvalue weighted by Crippen LogP contribution is -2.19. The summed E-state index contributed by atoms with van der Waals surface area (Å²) in [5, 5.41) is 11.3. The van der Waals surface area contributed by atoms with Crippen LogP contribution in [0.2, 0.25) is 0 Å². The summed E-state index contributed by atoms with van der Waals surface area (Å²) in [5.74, 6) is -0.703. The number of nitrogens with one attached hydrogen (secondary N) is 1. The minimum absolute atomic E-state index is 0.0205. The lowest BCUT2D eigenvalue weighted by Gasteiger charge is -2.13. The Hall–Kier alpha value is -3.21. The molecule has 0 aromatic heterocycles. The summed E-state index contributed by atoms with van der Waals surface area (Å²) in [6.45, 7) is -0.0205. The van der Waals surface area contributed by atoms with Crippen LogP contribution in [0.1, 0.15) is 11.1 Å². The third-order valence-corrected chi connectivity index (χ3v) is 2.81. The molecule has 8 heteroatoms. The number of alkyl halides is 3. The van der Waals surface area contributed by atoms with Gasteiger partial charge < -0.3 is 9.47 Å². The van der Waals surface area contributed by atoms with Gasteiger partial charge in [0.2, 0.25) is 0 Å². The van der Waals surface area contributed by atoms with Crippen LogP contribution in [0.15, 0.2) is 48.5 Å². The Balaban J connectivity index is 2.07. The first-order valence-corrected chi connectivity index (χ1v) is 6.65. The molecule has 0 bridgehead atoms. The van der Waals surface area contributed by atoms with Crippen molar-refractivity contribution >= 4 is 11.8 Å². The molecule has 0 fully saturated rings. The molecule has 2 aromatic carbocycles. The van der Waals surface area contributed by atoms with Gasteiger partial charge in [0, 0.05) is 0 Å². The standard InChI is InChI=1S/C16H11F3N2O3/c17-16(18,19)24-14-8-4-7-13(12(14)9-20)21-15(22)23-10-11-5-2-1-3-6-11/h1-8H,10H2,(H,21,22). The Labute approximate surface area is 135 Å². The van der Waals surface area contributed by atoms with Crippen molar-refractivity contribution in [3.8, 4) is 11.8 Å². The lowest BCUT2D eigenvalue weighted by atomic mass is 10.1. The number of carbonyl (C=O) groups excluding carboxylic acids is 1.